The van der Waals surface area contributed by atoms with Gasteiger partial charge < -0.3 is 5.73 Å². The van der Waals surface area contributed by atoms with E-state index < -0.39 is 10.0 Å². The number of benzene rings is 1. The Morgan fingerprint density at radius 2 is 2.00 bits per heavy atom. The van der Waals surface area contributed by atoms with Crippen molar-refractivity contribution in [2.24, 2.45) is 0 Å². The van der Waals surface area contributed by atoms with Crippen LogP contribution in [0.2, 0.25) is 0 Å². The van der Waals surface area contributed by atoms with Gasteiger partial charge in [0.2, 0.25) is 10.0 Å². The molecule has 1 aromatic rings. The van der Waals surface area contributed by atoms with Crippen LogP contribution < -0.4 is 10.5 Å². The SMILES string of the molecule is CSCCC(C)NS(=O)(=O)CCSc1ccccc1N. The van der Waals surface area contributed by atoms with Gasteiger partial charge in [0.1, 0.15) is 0 Å². The van der Waals surface area contributed by atoms with Gasteiger partial charge in [-0.1, -0.05) is 12.1 Å². The maximum Gasteiger partial charge on any atom is 0.212 e. The summed E-state index contributed by atoms with van der Waals surface area (Å²) in [5, 5.41) is 0. The number of nitrogen functional groups attached to an aromatic ring is 1. The fraction of sp³-hybridized carbons (Fsp3) is 0.538. The van der Waals surface area contributed by atoms with E-state index in [1.54, 1.807) is 11.8 Å². The van der Waals surface area contributed by atoms with Crippen LogP contribution in [0.15, 0.2) is 29.2 Å². The van der Waals surface area contributed by atoms with Gasteiger partial charge in [0.05, 0.1) is 5.75 Å². The fourth-order valence-electron chi connectivity index (χ4n) is 1.59. The third-order valence-electron chi connectivity index (χ3n) is 2.66. The second-order valence-corrected chi connectivity index (χ2v) is 8.50. The quantitative estimate of drug-likeness (QED) is 0.536. The van der Waals surface area contributed by atoms with Gasteiger partial charge in [-0.05, 0) is 37.5 Å². The van der Waals surface area contributed by atoms with Gasteiger partial charge in [0, 0.05) is 22.4 Å². The number of hydrogen-bond donors (Lipinski definition) is 2. The van der Waals surface area contributed by atoms with Gasteiger partial charge in [-0.2, -0.15) is 11.8 Å². The van der Waals surface area contributed by atoms with Crippen molar-refractivity contribution in [2.75, 3.05) is 29.2 Å². The van der Waals surface area contributed by atoms with Crippen LogP contribution >= 0.6 is 23.5 Å². The highest BCUT2D eigenvalue weighted by atomic mass is 32.2. The van der Waals surface area contributed by atoms with Crippen molar-refractivity contribution in [2.45, 2.75) is 24.3 Å². The normalized spacial score (nSPS) is 13.3. The molecular formula is C13H22N2O2S3. The molecule has 20 heavy (non-hydrogen) atoms. The first-order valence-corrected chi connectivity index (χ1v) is 10.4. The highest BCUT2D eigenvalue weighted by Gasteiger charge is 2.14. The molecule has 0 aliphatic carbocycles. The molecule has 114 valence electrons. The molecule has 0 amide bonds. The van der Waals surface area contributed by atoms with Crippen LogP contribution in [0.1, 0.15) is 13.3 Å². The van der Waals surface area contributed by atoms with E-state index in [1.165, 1.54) is 11.8 Å². The fourth-order valence-corrected chi connectivity index (χ4v) is 4.87. The smallest absolute Gasteiger partial charge is 0.212 e. The van der Waals surface area contributed by atoms with Crippen molar-refractivity contribution in [3.63, 3.8) is 0 Å². The summed E-state index contributed by atoms with van der Waals surface area (Å²) in [6.45, 7) is 1.90. The number of hydrogen-bond acceptors (Lipinski definition) is 5. The van der Waals surface area contributed by atoms with Crippen molar-refractivity contribution in [3.8, 4) is 0 Å². The third kappa shape index (κ3) is 6.88. The molecule has 0 aromatic heterocycles. The third-order valence-corrected chi connectivity index (χ3v) is 6.16. The molecule has 0 radical (unpaired) electrons. The van der Waals surface area contributed by atoms with E-state index in [0.717, 1.165) is 17.1 Å². The summed E-state index contributed by atoms with van der Waals surface area (Å²) in [5.74, 6) is 1.56. The molecule has 7 heteroatoms. The second-order valence-electron chi connectivity index (χ2n) is 4.51. The van der Waals surface area contributed by atoms with Crippen LogP contribution in [0.5, 0.6) is 0 Å². The molecule has 4 nitrogen and oxygen atoms in total. The first-order valence-electron chi connectivity index (χ1n) is 6.41. The van der Waals surface area contributed by atoms with Crippen molar-refractivity contribution in [1.82, 2.24) is 4.72 Å². The first kappa shape index (κ1) is 17.7. The molecule has 0 saturated carbocycles. The summed E-state index contributed by atoms with van der Waals surface area (Å²) in [6, 6.07) is 7.47. The minimum atomic E-state index is -3.22. The van der Waals surface area contributed by atoms with Crippen LogP contribution in [0.4, 0.5) is 5.69 Å². The highest BCUT2D eigenvalue weighted by Crippen LogP contribution is 2.24. The summed E-state index contributed by atoms with van der Waals surface area (Å²) in [6.07, 6.45) is 2.86. The molecule has 1 unspecified atom stereocenters. The standard InChI is InChI=1S/C13H22N2O2S3/c1-11(7-8-18-2)15-20(16,17)10-9-19-13-6-4-3-5-12(13)14/h3-6,11,15H,7-10,14H2,1-2H3. The lowest BCUT2D eigenvalue weighted by molar-refractivity contribution is 0.558. The zero-order valence-corrected chi connectivity index (χ0v) is 14.3. The predicted octanol–water partition coefficient (Wildman–Crippen LogP) is 2.42. The number of rotatable bonds is 9. The molecule has 3 N–H and O–H groups in total. The van der Waals surface area contributed by atoms with E-state index in [1.807, 2.05) is 37.4 Å². The Bertz CT molecular complexity index is 506. The van der Waals surface area contributed by atoms with Crippen molar-refractivity contribution >= 4 is 39.2 Å². The van der Waals surface area contributed by atoms with Gasteiger partial charge in [-0.3, -0.25) is 0 Å². The van der Waals surface area contributed by atoms with Gasteiger partial charge in [-0.25, -0.2) is 13.1 Å². The average molecular weight is 335 g/mol. The lowest BCUT2D eigenvalue weighted by atomic mass is 10.3. The number of nitrogens with two attached hydrogens (primary N) is 1. The van der Waals surface area contributed by atoms with E-state index in [-0.39, 0.29) is 11.8 Å². The summed E-state index contributed by atoms with van der Waals surface area (Å²) in [4.78, 5) is 0.929. The maximum absolute atomic E-state index is 11.9. The largest absolute Gasteiger partial charge is 0.398 e. The van der Waals surface area contributed by atoms with E-state index in [4.69, 9.17) is 5.73 Å². The molecule has 1 rings (SSSR count). The van der Waals surface area contributed by atoms with E-state index in [2.05, 4.69) is 4.72 Å². The molecule has 0 fully saturated rings. The zero-order chi connectivity index (χ0) is 15.0. The van der Waals surface area contributed by atoms with Crippen molar-refractivity contribution in [1.29, 1.82) is 0 Å². The topological polar surface area (TPSA) is 72.2 Å². The van der Waals surface area contributed by atoms with Crippen LogP contribution in [-0.2, 0) is 10.0 Å². The van der Waals surface area contributed by atoms with Crippen molar-refractivity contribution in [3.05, 3.63) is 24.3 Å². The Balaban J connectivity index is 2.38. The van der Waals surface area contributed by atoms with Gasteiger partial charge in [-0.15, -0.1) is 11.8 Å². The van der Waals surface area contributed by atoms with Gasteiger partial charge in [0.15, 0.2) is 0 Å². The Morgan fingerprint density at radius 3 is 2.65 bits per heavy atom. The van der Waals surface area contributed by atoms with Crippen LogP contribution in [-0.4, -0.2) is 38.0 Å². The van der Waals surface area contributed by atoms with E-state index >= 15 is 0 Å². The van der Waals surface area contributed by atoms with Crippen molar-refractivity contribution < 1.29 is 8.42 Å². The minimum absolute atomic E-state index is 0.0146. The number of thioether (sulfide) groups is 2. The maximum atomic E-state index is 11.9. The summed E-state index contributed by atoms with van der Waals surface area (Å²) in [7, 11) is -3.22. The number of nitrogens with one attached hydrogen (secondary N) is 1. The first-order chi connectivity index (χ1) is 9.44. The minimum Gasteiger partial charge on any atom is -0.398 e. The predicted molar refractivity (Wildman–Crippen MR) is 91.0 cm³/mol. The van der Waals surface area contributed by atoms with Crippen LogP contribution in [0, 0.1) is 0 Å². The molecule has 0 saturated heterocycles. The molecular weight excluding hydrogens is 312 g/mol. The Hall–Kier alpha value is -0.370. The lowest BCUT2D eigenvalue weighted by Crippen LogP contribution is -2.35. The van der Waals surface area contributed by atoms with Gasteiger partial charge >= 0.3 is 0 Å². The Kier molecular flexibility index (Phi) is 7.79. The summed E-state index contributed by atoms with van der Waals surface area (Å²) < 4.78 is 26.5. The molecule has 0 heterocycles. The Morgan fingerprint density at radius 1 is 1.30 bits per heavy atom. The number of anilines is 1. The molecule has 1 aromatic carbocycles. The number of para-hydroxylation sites is 1. The molecule has 0 spiro atoms. The summed E-state index contributed by atoms with van der Waals surface area (Å²) >= 11 is 3.19. The second kappa shape index (κ2) is 8.81. The molecule has 0 aliphatic rings. The van der Waals surface area contributed by atoms with E-state index in [9.17, 15) is 8.42 Å². The number of sulfonamides is 1. The monoisotopic (exact) mass is 334 g/mol. The zero-order valence-electron chi connectivity index (χ0n) is 11.8. The average Bonchev–Trinajstić information content (AvgIpc) is 2.38. The summed E-state index contributed by atoms with van der Waals surface area (Å²) in [5.41, 5.74) is 6.51. The highest BCUT2D eigenvalue weighted by molar-refractivity contribution is 8.00. The molecule has 0 bridgehead atoms. The molecule has 0 aliphatic heterocycles. The molecule has 1 atom stereocenters. The van der Waals surface area contributed by atoms with Gasteiger partial charge in [0.25, 0.3) is 0 Å². The Labute approximate surface area is 130 Å². The lowest BCUT2D eigenvalue weighted by Gasteiger charge is -2.13. The van der Waals surface area contributed by atoms with Crippen LogP contribution in [0.25, 0.3) is 0 Å². The van der Waals surface area contributed by atoms with E-state index in [0.29, 0.717) is 11.4 Å². The van der Waals surface area contributed by atoms with Crippen LogP contribution in [0.3, 0.4) is 0 Å².